The van der Waals surface area contributed by atoms with Crippen molar-refractivity contribution in [2.24, 2.45) is 0 Å². The van der Waals surface area contributed by atoms with Crippen LogP contribution >= 0.6 is 11.8 Å². The van der Waals surface area contributed by atoms with Gasteiger partial charge in [-0.15, -0.1) is 13.2 Å². The second-order valence-corrected chi connectivity index (χ2v) is 2.19. The predicted molar refractivity (Wildman–Crippen MR) is 37.7 cm³/mol. The summed E-state index contributed by atoms with van der Waals surface area (Å²) >= 11 is 1.82. The third-order valence-corrected chi connectivity index (χ3v) is 1.41. The van der Waals surface area contributed by atoms with Crippen molar-refractivity contribution in [3.05, 3.63) is 25.3 Å². The second-order valence-electron chi connectivity index (χ2n) is 1.11. The van der Waals surface area contributed by atoms with Crippen LogP contribution in [0.3, 0.4) is 0 Å². The number of thioether (sulfide) groups is 1. The third kappa shape index (κ3) is 9.59. The molecule has 0 saturated heterocycles. The molecule has 0 saturated carbocycles. The first kappa shape index (κ1) is 11.2. The van der Waals surface area contributed by atoms with Crippen LogP contribution in [-0.4, -0.2) is 11.5 Å². The minimum Gasteiger partial charge on any atom is -0.154 e. The molecule has 0 radical (unpaired) electrons. The van der Waals surface area contributed by atoms with Crippen molar-refractivity contribution in [2.45, 2.75) is 0 Å². The van der Waals surface area contributed by atoms with Crippen LogP contribution in [-0.2, 0) is 16.5 Å². The largest absolute Gasteiger partial charge is 0.154 e. The first-order valence-corrected chi connectivity index (χ1v) is 3.37. The molecule has 0 heterocycles. The molecular formula is C6H10NiS. The van der Waals surface area contributed by atoms with Crippen LogP contribution in [0.25, 0.3) is 0 Å². The second kappa shape index (κ2) is 10.3. The zero-order valence-electron chi connectivity index (χ0n) is 4.71. The molecule has 0 N–H and O–H groups in total. The first-order valence-electron chi connectivity index (χ1n) is 2.21. The summed E-state index contributed by atoms with van der Waals surface area (Å²) in [6.07, 6.45) is 3.79. The third-order valence-electron chi connectivity index (χ3n) is 0.471. The molecule has 0 amide bonds. The van der Waals surface area contributed by atoms with Gasteiger partial charge in [-0.2, -0.15) is 11.8 Å². The molecule has 0 aliphatic rings. The summed E-state index contributed by atoms with van der Waals surface area (Å²) in [6, 6.07) is 0. The van der Waals surface area contributed by atoms with Gasteiger partial charge in [0, 0.05) is 28.0 Å². The average Bonchev–Trinajstić information content (AvgIpc) is 1.69. The van der Waals surface area contributed by atoms with Gasteiger partial charge in [-0.25, -0.2) is 0 Å². The summed E-state index contributed by atoms with van der Waals surface area (Å²) in [5, 5.41) is 0. The van der Waals surface area contributed by atoms with E-state index in [4.69, 9.17) is 0 Å². The Labute approximate surface area is 65.4 Å². The molecule has 0 aliphatic heterocycles. The van der Waals surface area contributed by atoms with E-state index >= 15 is 0 Å². The van der Waals surface area contributed by atoms with Gasteiger partial charge in [0.1, 0.15) is 0 Å². The van der Waals surface area contributed by atoms with Crippen molar-refractivity contribution in [1.29, 1.82) is 0 Å². The van der Waals surface area contributed by atoms with Crippen molar-refractivity contribution in [1.82, 2.24) is 0 Å². The van der Waals surface area contributed by atoms with E-state index in [-0.39, 0.29) is 16.5 Å². The first-order chi connectivity index (χ1) is 3.41. The van der Waals surface area contributed by atoms with Crippen LogP contribution in [0, 0.1) is 0 Å². The fourth-order valence-corrected chi connectivity index (χ4v) is 0.704. The quantitative estimate of drug-likeness (QED) is 0.356. The van der Waals surface area contributed by atoms with E-state index in [0.717, 1.165) is 11.5 Å². The molecule has 0 nitrogen and oxygen atoms in total. The summed E-state index contributed by atoms with van der Waals surface area (Å²) in [4.78, 5) is 0. The Kier molecular flexibility index (Phi) is 14.4. The van der Waals surface area contributed by atoms with Crippen LogP contribution in [0.2, 0.25) is 0 Å². The molecular weight excluding hydrogens is 163 g/mol. The summed E-state index contributed by atoms with van der Waals surface area (Å²) in [7, 11) is 0. The van der Waals surface area contributed by atoms with Crippen molar-refractivity contribution < 1.29 is 16.5 Å². The summed E-state index contributed by atoms with van der Waals surface area (Å²) < 4.78 is 0. The number of hydrogen-bond donors (Lipinski definition) is 0. The minimum atomic E-state index is 0. The SMILES string of the molecule is C=CCSCC=C.[Ni]. The van der Waals surface area contributed by atoms with Crippen LogP contribution < -0.4 is 0 Å². The van der Waals surface area contributed by atoms with Crippen molar-refractivity contribution in [2.75, 3.05) is 11.5 Å². The van der Waals surface area contributed by atoms with Gasteiger partial charge in [-0.3, -0.25) is 0 Å². The van der Waals surface area contributed by atoms with E-state index in [1.165, 1.54) is 0 Å². The van der Waals surface area contributed by atoms with E-state index in [2.05, 4.69) is 13.2 Å². The Morgan fingerprint density at radius 1 is 1.12 bits per heavy atom. The van der Waals surface area contributed by atoms with Crippen LogP contribution in [0.15, 0.2) is 25.3 Å². The van der Waals surface area contributed by atoms with Gasteiger partial charge in [0.05, 0.1) is 0 Å². The zero-order valence-corrected chi connectivity index (χ0v) is 6.51. The molecule has 50 valence electrons. The monoisotopic (exact) mass is 172 g/mol. The molecule has 0 bridgehead atoms. The smallest absolute Gasteiger partial charge is 0.0113 e. The van der Waals surface area contributed by atoms with Crippen molar-refractivity contribution in [3.63, 3.8) is 0 Å². The van der Waals surface area contributed by atoms with Gasteiger partial charge in [0.15, 0.2) is 0 Å². The Bertz CT molecular complexity index is 53.5. The Hall–Kier alpha value is 0.324. The van der Waals surface area contributed by atoms with E-state index < -0.39 is 0 Å². The van der Waals surface area contributed by atoms with E-state index in [1.54, 1.807) is 0 Å². The molecule has 0 rings (SSSR count). The Morgan fingerprint density at radius 3 is 1.75 bits per heavy atom. The summed E-state index contributed by atoms with van der Waals surface area (Å²) in [5.41, 5.74) is 0. The van der Waals surface area contributed by atoms with Gasteiger partial charge in [-0.1, -0.05) is 12.2 Å². The molecule has 0 spiro atoms. The van der Waals surface area contributed by atoms with Gasteiger partial charge in [0.2, 0.25) is 0 Å². The molecule has 0 aromatic heterocycles. The van der Waals surface area contributed by atoms with E-state index in [9.17, 15) is 0 Å². The van der Waals surface area contributed by atoms with E-state index in [0.29, 0.717) is 0 Å². The van der Waals surface area contributed by atoms with Crippen LogP contribution in [0.1, 0.15) is 0 Å². The molecule has 0 aromatic carbocycles. The maximum atomic E-state index is 3.58. The van der Waals surface area contributed by atoms with Crippen LogP contribution in [0.4, 0.5) is 0 Å². The van der Waals surface area contributed by atoms with Crippen molar-refractivity contribution in [3.8, 4) is 0 Å². The Morgan fingerprint density at radius 2 is 1.50 bits per heavy atom. The molecule has 8 heavy (non-hydrogen) atoms. The molecule has 0 atom stereocenters. The van der Waals surface area contributed by atoms with Crippen molar-refractivity contribution >= 4 is 11.8 Å². The fraction of sp³-hybridized carbons (Fsp3) is 0.333. The topological polar surface area (TPSA) is 0 Å². The molecule has 0 aliphatic carbocycles. The van der Waals surface area contributed by atoms with Gasteiger partial charge in [0.25, 0.3) is 0 Å². The van der Waals surface area contributed by atoms with Gasteiger partial charge >= 0.3 is 0 Å². The fourth-order valence-electron chi connectivity index (χ4n) is 0.235. The van der Waals surface area contributed by atoms with Crippen LogP contribution in [0.5, 0.6) is 0 Å². The molecule has 2 heteroatoms. The zero-order chi connectivity index (χ0) is 5.54. The number of hydrogen-bond acceptors (Lipinski definition) is 1. The molecule has 0 fully saturated rings. The predicted octanol–water partition coefficient (Wildman–Crippen LogP) is 2.09. The normalized spacial score (nSPS) is 7.00. The molecule has 0 unspecified atom stereocenters. The average molecular weight is 173 g/mol. The van der Waals surface area contributed by atoms with Gasteiger partial charge < -0.3 is 0 Å². The number of rotatable bonds is 4. The minimum absolute atomic E-state index is 0. The Balaban J connectivity index is 0. The standard InChI is InChI=1S/C6H10S.Ni/c1-3-5-7-6-4-2;/h3-4H,1-2,5-6H2;. The maximum absolute atomic E-state index is 3.58. The van der Waals surface area contributed by atoms with Gasteiger partial charge in [-0.05, 0) is 0 Å². The molecule has 0 aromatic rings. The maximum Gasteiger partial charge on any atom is 0.0113 e. The van der Waals surface area contributed by atoms with E-state index in [1.807, 2.05) is 23.9 Å². The summed E-state index contributed by atoms with van der Waals surface area (Å²) in [6.45, 7) is 7.15. The summed E-state index contributed by atoms with van der Waals surface area (Å²) in [5.74, 6) is 2.07.